The second-order valence-corrected chi connectivity index (χ2v) is 5.33. The first kappa shape index (κ1) is 15.8. The second-order valence-electron chi connectivity index (χ2n) is 5.33. The van der Waals surface area contributed by atoms with Gasteiger partial charge in [0, 0.05) is 30.7 Å². The van der Waals surface area contributed by atoms with Gasteiger partial charge in [-0.25, -0.2) is 0 Å². The summed E-state index contributed by atoms with van der Waals surface area (Å²) in [5, 5.41) is 8.72. The number of aliphatic carboxylic acids is 1. The van der Waals surface area contributed by atoms with E-state index in [0.717, 1.165) is 17.1 Å². The number of hydrogen-bond donors (Lipinski definition) is 1. The average Bonchev–Trinajstić information content (AvgIpc) is 2.79. The van der Waals surface area contributed by atoms with Crippen molar-refractivity contribution in [3.63, 3.8) is 0 Å². The van der Waals surface area contributed by atoms with Crippen LogP contribution in [0.3, 0.4) is 0 Å². The van der Waals surface area contributed by atoms with Gasteiger partial charge in [0.15, 0.2) is 0 Å². The van der Waals surface area contributed by atoms with E-state index >= 15 is 0 Å². The number of hydrogen-bond acceptors (Lipinski definition) is 2. The van der Waals surface area contributed by atoms with Crippen molar-refractivity contribution in [2.75, 3.05) is 13.6 Å². The number of aryl methyl sites for hydroxylation is 1. The summed E-state index contributed by atoms with van der Waals surface area (Å²) in [5.74, 6) is -1.06. The third-order valence-electron chi connectivity index (χ3n) is 3.68. The second kappa shape index (κ2) is 6.47. The van der Waals surface area contributed by atoms with Gasteiger partial charge in [0.25, 0.3) is 5.91 Å². The first-order chi connectivity index (χ1) is 10.4. The number of carbonyl (C=O) groups excluding carboxylic acids is 1. The first-order valence-corrected chi connectivity index (χ1v) is 7.13. The summed E-state index contributed by atoms with van der Waals surface area (Å²) in [6.07, 6.45) is -0.0559. The summed E-state index contributed by atoms with van der Waals surface area (Å²) in [6.45, 7) is 4.05. The third-order valence-corrected chi connectivity index (χ3v) is 3.68. The predicted octanol–water partition coefficient (Wildman–Crippen LogP) is 2.64. The van der Waals surface area contributed by atoms with Crippen LogP contribution in [0.2, 0.25) is 0 Å². The van der Waals surface area contributed by atoms with Gasteiger partial charge in [0.2, 0.25) is 0 Å². The highest BCUT2D eigenvalue weighted by Crippen LogP contribution is 2.21. The van der Waals surface area contributed by atoms with E-state index in [1.807, 2.05) is 54.8 Å². The molecule has 0 unspecified atom stereocenters. The molecule has 1 aromatic heterocycles. The molecule has 0 spiro atoms. The van der Waals surface area contributed by atoms with Gasteiger partial charge >= 0.3 is 5.97 Å². The molecular weight excluding hydrogens is 280 g/mol. The maximum atomic E-state index is 12.5. The molecule has 0 saturated heterocycles. The molecule has 0 radical (unpaired) electrons. The molecule has 22 heavy (non-hydrogen) atoms. The van der Waals surface area contributed by atoms with E-state index < -0.39 is 5.97 Å². The Kier molecular flexibility index (Phi) is 4.65. The molecule has 1 N–H and O–H groups in total. The van der Waals surface area contributed by atoms with E-state index in [1.54, 1.807) is 7.05 Å². The smallest absolute Gasteiger partial charge is 0.305 e. The van der Waals surface area contributed by atoms with Gasteiger partial charge in [-0.15, -0.1) is 0 Å². The SMILES string of the molecule is Cc1cc(C(=O)N(C)CCC(=O)O)c(C)n1-c1ccccc1. The minimum Gasteiger partial charge on any atom is -0.481 e. The molecule has 116 valence electrons. The van der Waals surface area contributed by atoms with E-state index in [1.165, 1.54) is 4.90 Å². The Morgan fingerprint density at radius 3 is 2.41 bits per heavy atom. The van der Waals surface area contributed by atoms with Crippen LogP contribution in [-0.4, -0.2) is 40.0 Å². The highest BCUT2D eigenvalue weighted by atomic mass is 16.4. The van der Waals surface area contributed by atoms with Gasteiger partial charge < -0.3 is 14.6 Å². The number of carboxylic acids is 1. The Balaban J connectivity index is 2.30. The summed E-state index contributed by atoms with van der Waals surface area (Å²) >= 11 is 0. The van der Waals surface area contributed by atoms with Crippen LogP contribution >= 0.6 is 0 Å². The Morgan fingerprint density at radius 1 is 1.18 bits per heavy atom. The molecule has 5 nitrogen and oxygen atoms in total. The monoisotopic (exact) mass is 300 g/mol. The summed E-state index contributed by atoms with van der Waals surface area (Å²) < 4.78 is 2.03. The highest BCUT2D eigenvalue weighted by Gasteiger charge is 2.19. The Labute approximate surface area is 129 Å². The normalized spacial score (nSPS) is 10.5. The quantitative estimate of drug-likeness (QED) is 0.923. The van der Waals surface area contributed by atoms with Gasteiger partial charge in [-0.1, -0.05) is 18.2 Å². The highest BCUT2D eigenvalue weighted by molar-refractivity contribution is 5.96. The minimum absolute atomic E-state index is 0.0559. The zero-order chi connectivity index (χ0) is 16.3. The summed E-state index contributed by atoms with van der Waals surface area (Å²) in [4.78, 5) is 24.6. The van der Waals surface area contributed by atoms with E-state index in [2.05, 4.69) is 0 Å². The van der Waals surface area contributed by atoms with E-state index in [9.17, 15) is 9.59 Å². The maximum Gasteiger partial charge on any atom is 0.305 e. The molecule has 1 aromatic carbocycles. The lowest BCUT2D eigenvalue weighted by atomic mass is 10.2. The summed E-state index contributed by atoms with van der Waals surface area (Å²) in [6, 6.07) is 11.7. The number of carboxylic acid groups (broad SMARTS) is 1. The van der Waals surface area contributed by atoms with Gasteiger partial charge in [0.1, 0.15) is 0 Å². The number of nitrogens with zero attached hydrogens (tertiary/aromatic N) is 2. The van der Waals surface area contributed by atoms with Gasteiger partial charge in [-0.2, -0.15) is 0 Å². The zero-order valence-corrected chi connectivity index (χ0v) is 13.0. The number of benzene rings is 1. The van der Waals surface area contributed by atoms with Crippen molar-refractivity contribution >= 4 is 11.9 Å². The molecule has 0 saturated carbocycles. The number of rotatable bonds is 5. The fourth-order valence-electron chi connectivity index (χ4n) is 2.52. The molecular formula is C17H20N2O3. The van der Waals surface area contributed by atoms with E-state index in [-0.39, 0.29) is 18.9 Å². The van der Waals surface area contributed by atoms with Crippen molar-refractivity contribution in [1.82, 2.24) is 9.47 Å². The molecule has 5 heteroatoms. The van der Waals surface area contributed by atoms with Crippen LogP contribution in [0.1, 0.15) is 28.2 Å². The van der Waals surface area contributed by atoms with Crippen molar-refractivity contribution < 1.29 is 14.7 Å². The number of amides is 1. The standard InChI is InChI=1S/C17H20N2O3/c1-12-11-15(17(22)18(3)10-9-16(20)21)13(2)19(12)14-7-5-4-6-8-14/h4-8,11H,9-10H2,1-3H3,(H,20,21). The van der Waals surface area contributed by atoms with Gasteiger partial charge in [0.05, 0.1) is 12.0 Å². The van der Waals surface area contributed by atoms with E-state index in [4.69, 9.17) is 5.11 Å². The lowest BCUT2D eigenvalue weighted by Gasteiger charge is -2.16. The van der Waals surface area contributed by atoms with E-state index in [0.29, 0.717) is 5.56 Å². The molecule has 0 aliphatic carbocycles. The topological polar surface area (TPSA) is 62.5 Å². The average molecular weight is 300 g/mol. The maximum absolute atomic E-state index is 12.5. The van der Waals surface area contributed by atoms with Crippen LogP contribution in [0.25, 0.3) is 5.69 Å². The first-order valence-electron chi connectivity index (χ1n) is 7.13. The third kappa shape index (κ3) is 3.19. The van der Waals surface area contributed by atoms with Crippen LogP contribution in [0.5, 0.6) is 0 Å². The molecule has 2 aromatic rings. The van der Waals surface area contributed by atoms with Crippen LogP contribution in [0, 0.1) is 13.8 Å². The molecule has 0 atom stereocenters. The van der Waals surface area contributed by atoms with Crippen LogP contribution in [0.15, 0.2) is 36.4 Å². The van der Waals surface area contributed by atoms with Crippen molar-refractivity contribution in [2.24, 2.45) is 0 Å². The minimum atomic E-state index is -0.908. The van der Waals surface area contributed by atoms with Crippen LogP contribution in [-0.2, 0) is 4.79 Å². The largest absolute Gasteiger partial charge is 0.481 e. The molecule has 1 heterocycles. The lowest BCUT2D eigenvalue weighted by Crippen LogP contribution is -2.29. The molecule has 2 rings (SSSR count). The fourth-order valence-corrected chi connectivity index (χ4v) is 2.52. The number of para-hydroxylation sites is 1. The van der Waals surface area contributed by atoms with Crippen LogP contribution in [0.4, 0.5) is 0 Å². The van der Waals surface area contributed by atoms with Gasteiger partial charge in [-0.3, -0.25) is 9.59 Å². The number of carbonyl (C=O) groups is 2. The molecule has 0 fully saturated rings. The Morgan fingerprint density at radius 2 is 1.82 bits per heavy atom. The summed E-state index contributed by atoms with van der Waals surface area (Å²) in [5.41, 5.74) is 3.44. The lowest BCUT2D eigenvalue weighted by molar-refractivity contribution is -0.137. The Bertz CT molecular complexity index is 689. The molecule has 1 amide bonds. The molecule has 0 aliphatic heterocycles. The zero-order valence-electron chi connectivity index (χ0n) is 13.0. The molecule has 0 bridgehead atoms. The van der Waals surface area contributed by atoms with Crippen molar-refractivity contribution in [2.45, 2.75) is 20.3 Å². The van der Waals surface area contributed by atoms with Crippen molar-refractivity contribution in [3.8, 4) is 5.69 Å². The van der Waals surface area contributed by atoms with Crippen molar-refractivity contribution in [1.29, 1.82) is 0 Å². The Hall–Kier alpha value is -2.56. The molecule has 0 aliphatic rings. The predicted molar refractivity (Wildman–Crippen MR) is 84.5 cm³/mol. The van der Waals surface area contributed by atoms with Gasteiger partial charge in [-0.05, 0) is 32.0 Å². The summed E-state index contributed by atoms with van der Waals surface area (Å²) in [7, 11) is 1.62. The number of aromatic nitrogens is 1. The van der Waals surface area contributed by atoms with Crippen LogP contribution < -0.4 is 0 Å². The fraction of sp³-hybridized carbons (Fsp3) is 0.294. The van der Waals surface area contributed by atoms with Crippen molar-refractivity contribution in [3.05, 3.63) is 53.3 Å².